The van der Waals surface area contributed by atoms with E-state index in [-0.39, 0.29) is 10.9 Å². The zero-order valence-corrected chi connectivity index (χ0v) is 12.5. The normalized spacial score (nSPS) is 18.4. The van der Waals surface area contributed by atoms with Crippen LogP contribution < -0.4 is 10.5 Å². The third-order valence-corrected chi connectivity index (χ3v) is 5.42. The second-order valence-electron chi connectivity index (χ2n) is 5.39. The minimum Gasteiger partial charge on any atom is -0.363 e. The zero-order valence-electron chi connectivity index (χ0n) is 11.7. The number of aryl methyl sites for hydroxylation is 1. The van der Waals surface area contributed by atoms with Crippen molar-refractivity contribution in [3.63, 3.8) is 0 Å². The number of fused-ring (bicyclic) bond motifs is 1. The minimum atomic E-state index is -3.49. The minimum absolute atomic E-state index is 0.0545. The Labute approximate surface area is 124 Å². The summed E-state index contributed by atoms with van der Waals surface area (Å²) in [7, 11) is -3.49. The molecule has 2 aromatic rings. The van der Waals surface area contributed by atoms with Crippen LogP contribution in [0.1, 0.15) is 23.2 Å². The molecule has 1 unspecified atom stereocenters. The smallest absolute Gasteiger partial charge is 0.242 e. The first-order valence-electron chi connectivity index (χ1n) is 7.05. The van der Waals surface area contributed by atoms with Gasteiger partial charge in [-0.2, -0.15) is 0 Å². The molecule has 1 aromatic heterocycles. The molecule has 21 heavy (non-hydrogen) atoms. The number of sulfonamides is 1. The maximum atomic E-state index is 12.4. The van der Waals surface area contributed by atoms with Gasteiger partial charge < -0.3 is 10.7 Å². The van der Waals surface area contributed by atoms with Crippen molar-refractivity contribution in [2.24, 2.45) is 5.73 Å². The highest BCUT2D eigenvalue weighted by molar-refractivity contribution is 7.89. The molecule has 1 aliphatic carbocycles. The van der Waals surface area contributed by atoms with Crippen molar-refractivity contribution in [3.8, 4) is 0 Å². The molecule has 0 saturated carbocycles. The van der Waals surface area contributed by atoms with E-state index in [0.717, 1.165) is 19.3 Å². The van der Waals surface area contributed by atoms with Crippen molar-refractivity contribution >= 4 is 10.0 Å². The van der Waals surface area contributed by atoms with Gasteiger partial charge in [-0.05, 0) is 36.5 Å². The van der Waals surface area contributed by atoms with E-state index < -0.39 is 10.0 Å². The van der Waals surface area contributed by atoms with Gasteiger partial charge in [0.1, 0.15) is 0 Å². The fourth-order valence-electron chi connectivity index (χ4n) is 2.78. The number of H-pyrrole nitrogens is 1. The van der Waals surface area contributed by atoms with Crippen molar-refractivity contribution in [2.45, 2.75) is 36.7 Å². The molecule has 0 fully saturated rings. The third-order valence-electron chi connectivity index (χ3n) is 3.92. The number of nitrogens with two attached hydrogens (primary N) is 1. The highest BCUT2D eigenvalue weighted by Crippen LogP contribution is 2.22. The molecule has 1 atom stereocenters. The Morgan fingerprint density at radius 3 is 2.76 bits per heavy atom. The second-order valence-corrected chi connectivity index (χ2v) is 7.11. The van der Waals surface area contributed by atoms with Gasteiger partial charge in [0.15, 0.2) is 0 Å². The Hall–Kier alpha value is -1.63. The maximum absolute atomic E-state index is 12.4. The molecule has 112 valence electrons. The largest absolute Gasteiger partial charge is 0.363 e. The summed E-state index contributed by atoms with van der Waals surface area (Å²) in [6, 6.07) is 9.73. The number of aromatic amines is 1. The first-order chi connectivity index (χ1) is 10.1. The average molecular weight is 305 g/mol. The summed E-state index contributed by atoms with van der Waals surface area (Å²) in [5.74, 6) is 0. The molecular weight excluding hydrogens is 286 g/mol. The van der Waals surface area contributed by atoms with Crippen molar-refractivity contribution < 1.29 is 8.42 Å². The van der Waals surface area contributed by atoms with Crippen LogP contribution in [0, 0.1) is 0 Å². The van der Waals surface area contributed by atoms with Crippen LogP contribution in [0.3, 0.4) is 0 Å². The number of nitrogens with one attached hydrogen (secondary N) is 2. The predicted octanol–water partition coefficient (Wildman–Crippen LogP) is 1.31. The molecular formula is C15H19N3O2S. The van der Waals surface area contributed by atoms with Crippen molar-refractivity contribution in [1.29, 1.82) is 0 Å². The van der Waals surface area contributed by atoms with Crippen LogP contribution in [0.2, 0.25) is 0 Å². The van der Waals surface area contributed by atoms with E-state index in [1.165, 1.54) is 17.3 Å². The van der Waals surface area contributed by atoms with E-state index in [2.05, 4.69) is 21.8 Å². The molecule has 0 amide bonds. The number of hydrogen-bond donors (Lipinski definition) is 3. The van der Waals surface area contributed by atoms with Gasteiger partial charge in [0, 0.05) is 24.5 Å². The molecule has 1 aromatic carbocycles. The summed E-state index contributed by atoms with van der Waals surface area (Å²) < 4.78 is 27.5. The molecule has 0 saturated heterocycles. The van der Waals surface area contributed by atoms with E-state index >= 15 is 0 Å². The zero-order chi connectivity index (χ0) is 14.9. The summed E-state index contributed by atoms with van der Waals surface area (Å²) in [4.78, 5) is 3.12. The Bertz CT molecular complexity index is 737. The standard InChI is InChI=1S/C15H19N3O2S/c16-9-14-8-15(10-17-14)21(19,20)18-13-6-5-11-3-1-2-4-12(11)7-13/h1-4,8,10,13,17-18H,5-7,9,16H2. The summed E-state index contributed by atoms with van der Waals surface area (Å²) in [6.07, 6.45) is 3.96. The van der Waals surface area contributed by atoms with E-state index in [1.54, 1.807) is 6.07 Å². The molecule has 6 heteroatoms. The van der Waals surface area contributed by atoms with Crippen LogP contribution in [0.15, 0.2) is 41.4 Å². The molecule has 1 heterocycles. The first-order valence-corrected chi connectivity index (χ1v) is 8.53. The lowest BCUT2D eigenvalue weighted by molar-refractivity contribution is 0.507. The Kier molecular flexibility index (Phi) is 3.84. The summed E-state index contributed by atoms with van der Waals surface area (Å²) in [5, 5.41) is 0. The van der Waals surface area contributed by atoms with E-state index in [4.69, 9.17) is 5.73 Å². The van der Waals surface area contributed by atoms with Crippen LogP contribution in [0.4, 0.5) is 0 Å². The lowest BCUT2D eigenvalue weighted by Crippen LogP contribution is -2.38. The van der Waals surface area contributed by atoms with Crippen LogP contribution in [-0.4, -0.2) is 19.4 Å². The molecule has 0 bridgehead atoms. The summed E-state index contributed by atoms with van der Waals surface area (Å²) in [5.41, 5.74) is 8.76. The van der Waals surface area contributed by atoms with Crippen LogP contribution >= 0.6 is 0 Å². The highest BCUT2D eigenvalue weighted by Gasteiger charge is 2.24. The fourth-order valence-corrected chi connectivity index (χ4v) is 4.07. The van der Waals surface area contributed by atoms with Crippen LogP contribution in [-0.2, 0) is 29.4 Å². The quantitative estimate of drug-likeness (QED) is 0.796. The van der Waals surface area contributed by atoms with Crippen molar-refractivity contribution in [3.05, 3.63) is 53.3 Å². The lowest BCUT2D eigenvalue weighted by Gasteiger charge is -2.25. The lowest BCUT2D eigenvalue weighted by atomic mass is 9.89. The third kappa shape index (κ3) is 3.02. The second kappa shape index (κ2) is 5.63. The molecule has 0 aliphatic heterocycles. The molecule has 4 N–H and O–H groups in total. The molecule has 0 radical (unpaired) electrons. The van der Waals surface area contributed by atoms with Crippen LogP contribution in [0.5, 0.6) is 0 Å². The molecule has 5 nitrogen and oxygen atoms in total. The van der Waals surface area contributed by atoms with Gasteiger partial charge in [0.05, 0.1) is 4.90 Å². The van der Waals surface area contributed by atoms with E-state index in [9.17, 15) is 8.42 Å². The van der Waals surface area contributed by atoms with Gasteiger partial charge in [-0.15, -0.1) is 0 Å². The van der Waals surface area contributed by atoms with Gasteiger partial charge in [-0.25, -0.2) is 13.1 Å². The number of aromatic nitrogens is 1. The molecule has 3 rings (SSSR count). The average Bonchev–Trinajstić information content (AvgIpc) is 2.96. The summed E-state index contributed by atoms with van der Waals surface area (Å²) in [6.45, 7) is 0.298. The number of hydrogen-bond acceptors (Lipinski definition) is 3. The van der Waals surface area contributed by atoms with Gasteiger partial charge in [-0.1, -0.05) is 24.3 Å². The highest BCUT2D eigenvalue weighted by atomic mass is 32.2. The molecule has 0 spiro atoms. The monoisotopic (exact) mass is 305 g/mol. The first kappa shape index (κ1) is 14.3. The Morgan fingerprint density at radius 1 is 1.29 bits per heavy atom. The predicted molar refractivity (Wildman–Crippen MR) is 81.3 cm³/mol. The van der Waals surface area contributed by atoms with Gasteiger partial charge in [0.2, 0.25) is 10.0 Å². The van der Waals surface area contributed by atoms with E-state index in [1.807, 2.05) is 12.1 Å². The molecule has 1 aliphatic rings. The Balaban J connectivity index is 1.75. The van der Waals surface area contributed by atoms with Crippen LogP contribution in [0.25, 0.3) is 0 Å². The maximum Gasteiger partial charge on any atom is 0.242 e. The van der Waals surface area contributed by atoms with Crippen molar-refractivity contribution in [2.75, 3.05) is 0 Å². The fraction of sp³-hybridized carbons (Fsp3) is 0.333. The summed E-state index contributed by atoms with van der Waals surface area (Å²) >= 11 is 0. The van der Waals surface area contributed by atoms with E-state index in [0.29, 0.717) is 12.2 Å². The topological polar surface area (TPSA) is 88.0 Å². The van der Waals surface area contributed by atoms with Crippen molar-refractivity contribution in [1.82, 2.24) is 9.71 Å². The van der Waals surface area contributed by atoms with Gasteiger partial charge >= 0.3 is 0 Å². The van der Waals surface area contributed by atoms with Gasteiger partial charge in [0.25, 0.3) is 0 Å². The number of benzene rings is 1. The SMILES string of the molecule is NCc1cc(S(=O)(=O)NC2CCc3ccccc3C2)c[nH]1. The Morgan fingerprint density at radius 2 is 2.05 bits per heavy atom. The number of rotatable bonds is 4. The van der Waals surface area contributed by atoms with Gasteiger partial charge in [-0.3, -0.25) is 0 Å².